The Bertz CT molecular complexity index is 458. The highest BCUT2D eigenvalue weighted by Gasteiger charge is 2.29. The molecule has 1 aromatic heterocycles. The van der Waals surface area contributed by atoms with Gasteiger partial charge in [-0.25, -0.2) is 9.78 Å². The maximum atomic E-state index is 11.8. The summed E-state index contributed by atoms with van der Waals surface area (Å²) in [5.41, 5.74) is 0.669. The van der Waals surface area contributed by atoms with E-state index < -0.39 is 5.97 Å². The van der Waals surface area contributed by atoms with E-state index in [1.165, 1.54) is 0 Å². The summed E-state index contributed by atoms with van der Waals surface area (Å²) in [7, 11) is 0. The van der Waals surface area contributed by atoms with Gasteiger partial charge in [0.05, 0.1) is 12.2 Å². The Kier molecular flexibility index (Phi) is 3.96. The molecule has 0 radical (unpaired) electrons. The van der Waals surface area contributed by atoms with Crippen molar-refractivity contribution in [1.82, 2.24) is 9.88 Å². The van der Waals surface area contributed by atoms with E-state index in [4.69, 9.17) is 5.11 Å². The number of hydrogen-bond acceptors (Lipinski definition) is 4. The Hall–Kier alpha value is -1.43. The van der Waals surface area contributed by atoms with Crippen molar-refractivity contribution in [3.05, 3.63) is 16.1 Å². The topological polar surface area (TPSA) is 70.5 Å². The predicted octanol–water partition coefficient (Wildman–Crippen LogP) is 1.99. The fourth-order valence-corrected chi connectivity index (χ4v) is 2.93. The van der Waals surface area contributed by atoms with Gasteiger partial charge in [0.15, 0.2) is 0 Å². The SMILES string of the molecule is CCCC1CC(=O)N(Cc2csc(C(=O)O)n2)C1. The lowest BCUT2D eigenvalue weighted by Gasteiger charge is -2.14. The summed E-state index contributed by atoms with van der Waals surface area (Å²) in [5, 5.41) is 10.6. The van der Waals surface area contributed by atoms with E-state index in [1.807, 2.05) is 0 Å². The summed E-state index contributed by atoms with van der Waals surface area (Å²) in [6.07, 6.45) is 2.77. The largest absolute Gasteiger partial charge is 0.476 e. The number of thiazole rings is 1. The highest BCUT2D eigenvalue weighted by atomic mass is 32.1. The van der Waals surface area contributed by atoms with Crippen LogP contribution in [0.3, 0.4) is 0 Å². The number of carboxylic acid groups (broad SMARTS) is 1. The van der Waals surface area contributed by atoms with Gasteiger partial charge in [-0.05, 0) is 12.3 Å². The fourth-order valence-electron chi connectivity index (χ4n) is 2.28. The summed E-state index contributed by atoms with van der Waals surface area (Å²) in [4.78, 5) is 28.3. The molecule has 0 aliphatic carbocycles. The zero-order valence-corrected chi connectivity index (χ0v) is 11.1. The molecule has 18 heavy (non-hydrogen) atoms. The van der Waals surface area contributed by atoms with Crippen LogP contribution in [0.4, 0.5) is 0 Å². The van der Waals surface area contributed by atoms with Gasteiger partial charge in [-0.1, -0.05) is 13.3 Å². The number of hydrogen-bond donors (Lipinski definition) is 1. The molecule has 1 aliphatic rings. The van der Waals surface area contributed by atoms with Crippen LogP contribution in [0.15, 0.2) is 5.38 Å². The predicted molar refractivity (Wildman–Crippen MR) is 67.5 cm³/mol. The van der Waals surface area contributed by atoms with Crippen molar-refractivity contribution < 1.29 is 14.7 Å². The van der Waals surface area contributed by atoms with Crippen LogP contribution < -0.4 is 0 Å². The van der Waals surface area contributed by atoms with E-state index in [0.29, 0.717) is 24.6 Å². The monoisotopic (exact) mass is 268 g/mol. The number of rotatable bonds is 5. The van der Waals surface area contributed by atoms with Crippen molar-refractivity contribution in [2.45, 2.75) is 32.7 Å². The highest BCUT2D eigenvalue weighted by Crippen LogP contribution is 2.24. The van der Waals surface area contributed by atoms with E-state index in [1.54, 1.807) is 10.3 Å². The highest BCUT2D eigenvalue weighted by molar-refractivity contribution is 7.11. The van der Waals surface area contributed by atoms with Crippen molar-refractivity contribution in [3.8, 4) is 0 Å². The number of aromatic nitrogens is 1. The standard InChI is InChI=1S/C12H16N2O3S/c1-2-3-8-4-10(15)14(5-8)6-9-7-18-11(13-9)12(16)17/h7-8H,2-6H2,1H3,(H,16,17). The molecular weight excluding hydrogens is 252 g/mol. The van der Waals surface area contributed by atoms with Crippen LogP contribution in [0.1, 0.15) is 41.7 Å². The second kappa shape index (κ2) is 5.48. The first-order chi connectivity index (χ1) is 8.60. The van der Waals surface area contributed by atoms with E-state index in [9.17, 15) is 9.59 Å². The Morgan fingerprint density at radius 3 is 3.06 bits per heavy atom. The molecule has 1 fully saturated rings. The number of nitrogens with zero attached hydrogens (tertiary/aromatic N) is 2. The van der Waals surface area contributed by atoms with Crippen molar-refractivity contribution in [2.24, 2.45) is 5.92 Å². The van der Waals surface area contributed by atoms with Crippen molar-refractivity contribution >= 4 is 23.2 Å². The van der Waals surface area contributed by atoms with Crippen LogP contribution in [-0.2, 0) is 11.3 Å². The van der Waals surface area contributed by atoms with E-state index >= 15 is 0 Å². The van der Waals surface area contributed by atoms with Gasteiger partial charge in [0.25, 0.3) is 0 Å². The Morgan fingerprint density at radius 2 is 2.44 bits per heavy atom. The average molecular weight is 268 g/mol. The molecule has 1 unspecified atom stereocenters. The zero-order valence-electron chi connectivity index (χ0n) is 10.3. The maximum absolute atomic E-state index is 11.8. The summed E-state index contributed by atoms with van der Waals surface area (Å²) in [6.45, 7) is 3.32. The van der Waals surface area contributed by atoms with Gasteiger partial charge < -0.3 is 10.0 Å². The number of amides is 1. The first-order valence-electron chi connectivity index (χ1n) is 6.05. The molecule has 1 amide bonds. The quantitative estimate of drug-likeness (QED) is 0.886. The van der Waals surface area contributed by atoms with Gasteiger partial charge in [0.2, 0.25) is 10.9 Å². The lowest BCUT2D eigenvalue weighted by molar-refractivity contribution is -0.128. The average Bonchev–Trinajstić information content (AvgIpc) is 2.88. The van der Waals surface area contributed by atoms with Gasteiger partial charge in [-0.2, -0.15) is 0 Å². The summed E-state index contributed by atoms with van der Waals surface area (Å²) >= 11 is 1.10. The van der Waals surface area contributed by atoms with E-state index in [2.05, 4.69) is 11.9 Å². The van der Waals surface area contributed by atoms with Gasteiger partial charge in [-0.3, -0.25) is 4.79 Å². The minimum atomic E-state index is -1.01. The van der Waals surface area contributed by atoms with Gasteiger partial charge in [0.1, 0.15) is 0 Å². The van der Waals surface area contributed by atoms with E-state index in [-0.39, 0.29) is 10.9 Å². The summed E-state index contributed by atoms with van der Waals surface area (Å²) in [5.74, 6) is -0.415. The number of aromatic carboxylic acids is 1. The van der Waals surface area contributed by atoms with E-state index in [0.717, 1.165) is 30.7 Å². The second-order valence-electron chi connectivity index (χ2n) is 4.58. The molecule has 1 aromatic rings. The second-order valence-corrected chi connectivity index (χ2v) is 5.44. The first kappa shape index (κ1) is 13.0. The molecule has 2 rings (SSSR count). The maximum Gasteiger partial charge on any atom is 0.365 e. The molecule has 98 valence electrons. The van der Waals surface area contributed by atoms with Crippen molar-refractivity contribution in [1.29, 1.82) is 0 Å². The minimum Gasteiger partial charge on any atom is -0.476 e. The molecule has 0 saturated carbocycles. The third-order valence-corrected chi connectivity index (χ3v) is 3.96. The fraction of sp³-hybridized carbons (Fsp3) is 0.583. The molecular formula is C12H16N2O3S. The molecule has 5 nitrogen and oxygen atoms in total. The number of carboxylic acids is 1. The molecule has 6 heteroatoms. The third kappa shape index (κ3) is 2.87. The summed E-state index contributed by atoms with van der Waals surface area (Å²) in [6, 6.07) is 0. The first-order valence-corrected chi connectivity index (χ1v) is 6.93. The van der Waals surface area contributed by atoms with Crippen molar-refractivity contribution in [2.75, 3.05) is 6.54 Å². The molecule has 1 saturated heterocycles. The normalized spacial score (nSPS) is 19.5. The molecule has 0 aromatic carbocycles. The Morgan fingerprint density at radius 1 is 1.67 bits per heavy atom. The molecule has 0 spiro atoms. The Balaban J connectivity index is 1.96. The number of carbonyl (C=O) groups is 2. The van der Waals surface area contributed by atoms with Gasteiger partial charge >= 0.3 is 5.97 Å². The van der Waals surface area contributed by atoms with Gasteiger partial charge in [-0.15, -0.1) is 11.3 Å². The molecule has 1 atom stereocenters. The lowest BCUT2D eigenvalue weighted by Crippen LogP contribution is -2.24. The zero-order chi connectivity index (χ0) is 13.1. The lowest BCUT2D eigenvalue weighted by atomic mass is 10.0. The van der Waals surface area contributed by atoms with Crippen LogP contribution in [0.2, 0.25) is 0 Å². The smallest absolute Gasteiger partial charge is 0.365 e. The minimum absolute atomic E-state index is 0.0850. The van der Waals surface area contributed by atoms with Crippen LogP contribution in [-0.4, -0.2) is 33.4 Å². The van der Waals surface area contributed by atoms with Crippen LogP contribution in [0.25, 0.3) is 0 Å². The Labute approximate surface area is 109 Å². The number of likely N-dealkylation sites (tertiary alicyclic amines) is 1. The summed E-state index contributed by atoms with van der Waals surface area (Å²) < 4.78 is 0. The van der Waals surface area contributed by atoms with Gasteiger partial charge in [0, 0.05) is 18.3 Å². The molecule has 1 N–H and O–H groups in total. The number of carbonyl (C=O) groups excluding carboxylic acids is 1. The molecule has 2 heterocycles. The van der Waals surface area contributed by atoms with Crippen molar-refractivity contribution in [3.63, 3.8) is 0 Å². The van der Waals surface area contributed by atoms with Crippen LogP contribution >= 0.6 is 11.3 Å². The third-order valence-electron chi connectivity index (χ3n) is 3.08. The molecule has 0 bridgehead atoms. The molecule has 1 aliphatic heterocycles. The van der Waals surface area contributed by atoms with Crippen LogP contribution in [0, 0.1) is 5.92 Å². The van der Waals surface area contributed by atoms with Crippen LogP contribution in [0.5, 0.6) is 0 Å².